The largest absolute Gasteiger partial charge is 0.395 e. The lowest BCUT2D eigenvalue weighted by atomic mass is 10.0. The number of hydrogen-bond acceptors (Lipinski definition) is 8. The van der Waals surface area contributed by atoms with Crippen molar-refractivity contribution in [3.05, 3.63) is 130 Å². The number of pyridine rings is 2. The Kier molecular flexibility index (Phi) is 13.4. The summed E-state index contributed by atoms with van der Waals surface area (Å²) < 4.78 is 0. The molecule has 8 nitrogen and oxygen atoms in total. The molecule has 0 aliphatic carbocycles. The molecule has 0 saturated carbocycles. The summed E-state index contributed by atoms with van der Waals surface area (Å²) in [5.41, 5.74) is 5.10. The Morgan fingerprint density at radius 1 is 0.714 bits per heavy atom. The Balaban J connectivity index is 1.27. The highest BCUT2D eigenvalue weighted by Gasteiger charge is 2.19. The van der Waals surface area contributed by atoms with Gasteiger partial charge >= 0.3 is 0 Å². The number of aliphatic hydroxyl groups is 2. The molecule has 0 aliphatic rings. The van der Waals surface area contributed by atoms with Crippen LogP contribution in [-0.4, -0.2) is 63.9 Å². The highest BCUT2D eigenvalue weighted by atomic mass is 35.5. The smallest absolute Gasteiger partial charge is 0.0965 e. The molecular formula is C33H41ClN6O2. The minimum atomic E-state index is -0.835. The van der Waals surface area contributed by atoms with E-state index in [1.165, 1.54) is 5.56 Å². The number of nitrogens with zero attached hydrogens (tertiary/aromatic N) is 3. The summed E-state index contributed by atoms with van der Waals surface area (Å²) in [7, 11) is 0. The molecule has 0 bridgehead atoms. The Hall–Kier alpha value is -3.21. The molecule has 9 heteroatoms. The van der Waals surface area contributed by atoms with Crippen LogP contribution in [0, 0.1) is 0 Å². The van der Waals surface area contributed by atoms with E-state index in [2.05, 4.69) is 55.1 Å². The first-order valence-corrected chi connectivity index (χ1v) is 14.8. The summed E-state index contributed by atoms with van der Waals surface area (Å²) in [5, 5.41) is 31.5. The average molecular weight is 589 g/mol. The van der Waals surface area contributed by atoms with Crippen molar-refractivity contribution in [2.24, 2.45) is 0 Å². The van der Waals surface area contributed by atoms with Crippen molar-refractivity contribution in [3.63, 3.8) is 0 Å². The summed E-state index contributed by atoms with van der Waals surface area (Å²) in [4.78, 5) is 11.2. The van der Waals surface area contributed by atoms with Crippen LogP contribution in [0.15, 0.2) is 97.3 Å². The summed E-state index contributed by atoms with van der Waals surface area (Å²) in [6, 6.07) is 27.0. The third kappa shape index (κ3) is 10.9. The van der Waals surface area contributed by atoms with Crippen LogP contribution >= 0.6 is 11.6 Å². The van der Waals surface area contributed by atoms with E-state index < -0.39 is 12.1 Å². The lowest BCUT2D eigenvalue weighted by Crippen LogP contribution is -2.37. The van der Waals surface area contributed by atoms with Crippen LogP contribution in [0.1, 0.15) is 34.2 Å². The molecule has 0 aliphatic heterocycles. The second-order valence-corrected chi connectivity index (χ2v) is 10.7. The quantitative estimate of drug-likeness (QED) is 0.112. The molecule has 222 valence electrons. The molecule has 0 unspecified atom stereocenters. The Morgan fingerprint density at radius 2 is 1.29 bits per heavy atom. The van der Waals surface area contributed by atoms with Crippen LogP contribution in [0.4, 0.5) is 0 Å². The maximum Gasteiger partial charge on any atom is 0.0965 e. The van der Waals surface area contributed by atoms with Gasteiger partial charge in [0.25, 0.3) is 0 Å². The summed E-state index contributed by atoms with van der Waals surface area (Å²) in [5.74, 6) is 0. The fourth-order valence-electron chi connectivity index (χ4n) is 4.62. The van der Waals surface area contributed by atoms with Gasteiger partial charge in [0.15, 0.2) is 0 Å². The van der Waals surface area contributed by atoms with E-state index in [0.717, 1.165) is 62.8 Å². The lowest BCUT2D eigenvalue weighted by molar-refractivity contribution is 0.0892. The molecule has 5 N–H and O–H groups in total. The van der Waals surface area contributed by atoms with Gasteiger partial charge in [0.1, 0.15) is 0 Å². The zero-order valence-electron chi connectivity index (χ0n) is 23.9. The minimum absolute atomic E-state index is 0.181. The maximum atomic E-state index is 10.7. The zero-order chi connectivity index (χ0) is 29.4. The minimum Gasteiger partial charge on any atom is -0.395 e. The van der Waals surface area contributed by atoms with E-state index in [9.17, 15) is 10.2 Å². The summed E-state index contributed by atoms with van der Waals surface area (Å²) in [6.07, 6.45) is 2.81. The van der Waals surface area contributed by atoms with Crippen molar-refractivity contribution in [3.8, 4) is 0 Å². The van der Waals surface area contributed by atoms with Gasteiger partial charge in [0.05, 0.1) is 30.1 Å². The van der Waals surface area contributed by atoms with E-state index in [0.29, 0.717) is 17.1 Å². The van der Waals surface area contributed by atoms with Gasteiger partial charge in [-0.3, -0.25) is 14.9 Å². The van der Waals surface area contributed by atoms with Crippen molar-refractivity contribution in [1.29, 1.82) is 0 Å². The second-order valence-electron chi connectivity index (χ2n) is 10.3. The molecule has 4 aromatic rings. The van der Waals surface area contributed by atoms with Gasteiger partial charge in [-0.1, -0.05) is 60.1 Å². The van der Waals surface area contributed by atoms with Crippen LogP contribution in [-0.2, 0) is 26.2 Å². The van der Waals surface area contributed by atoms with E-state index in [1.807, 2.05) is 48.8 Å². The van der Waals surface area contributed by atoms with Gasteiger partial charge in [0.2, 0.25) is 0 Å². The predicted octanol–water partition coefficient (Wildman–Crippen LogP) is 3.70. The fourth-order valence-corrected chi connectivity index (χ4v) is 4.75. The number of aliphatic hydroxyl groups excluding tert-OH is 2. The van der Waals surface area contributed by atoms with Gasteiger partial charge in [0, 0.05) is 69.8 Å². The monoisotopic (exact) mass is 588 g/mol. The summed E-state index contributed by atoms with van der Waals surface area (Å²) in [6.45, 7) is 6.21. The molecular weight excluding hydrogens is 548 g/mol. The van der Waals surface area contributed by atoms with Crippen LogP contribution < -0.4 is 16.0 Å². The second kappa shape index (κ2) is 17.7. The summed E-state index contributed by atoms with van der Waals surface area (Å²) >= 11 is 5.96. The SMILES string of the molecule is OC[C@@H](NCc1ccc(CN(CCNCc2ccccn2)CCNCc2ccccn2)cc1)[C@@H](O)c1ccc(Cl)cc1. The maximum absolute atomic E-state index is 10.7. The lowest BCUT2D eigenvalue weighted by Gasteiger charge is -2.24. The Bertz CT molecular complexity index is 1230. The molecule has 4 rings (SSSR count). The van der Waals surface area contributed by atoms with Crippen molar-refractivity contribution >= 4 is 11.6 Å². The first-order chi connectivity index (χ1) is 20.6. The molecule has 2 aromatic heterocycles. The van der Waals surface area contributed by atoms with Crippen molar-refractivity contribution in [2.75, 3.05) is 32.8 Å². The van der Waals surface area contributed by atoms with Gasteiger partial charge in [-0.25, -0.2) is 0 Å². The van der Waals surface area contributed by atoms with Gasteiger partial charge in [-0.2, -0.15) is 0 Å². The molecule has 42 heavy (non-hydrogen) atoms. The molecule has 0 amide bonds. The van der Waals surface area contributed by atoms with E-state index in [-0.39, 0.29) is 6.61 Å². The number of rotatable bonds is 18. The third-order valence-electron chi connectivity index (χ3n) is 7.06. The molecule has 0 saturated heterocycles. The average Bonchev–Trinajstić information content (AvgIpc) is 3.03. The first kappa shape index (κ1) is 31.7. The van der Waals surface area contributed by atoms with E-state index in [4.69, 9.17) is 11.6 Å². The van der Waals surface area contributed by atoms with Crippen LogP contribution in [0.5, 0.6) is 0 Å². The Labute approximate surface area is 253 Å². The standard InChI is InChI=1S/C33H41ClN6O2/c34-29-13-11-28(12-14-29)33(42)32(25-41)39-21-26-7-9-27(10-8-26)24-40(19-17-35-22-30-5-1-3-15-37-30)20-18-36-23-31-6-2-4-16-38-31/h1-16,32-33,35-36,39,41-42H,17-25H2/t32-,33+/m1/s1. The third-order valence-corrected chi connectivity index (χ3v) is 7.31. The van der Waals surface area contributed by atoms with Gasteiger partial charge in [-0.05, 0) is 53.1 Å². The van der Waals surface area contributed by atoms with Crippen molar-refractivity contribution in [2.45, 2.75) is 38.3 Å². The molecule has 0 radical (unpaired) electrons. The number of hydrogen-bond donors (Lipinski definition) is 5. The molecule has 0 fully saturated rings. The molecule has 0 spiro atoms. The topological polar surface area (TPSA) is 106 Å². The molecule has 2 heterocycles. The van der Waals surface area contributed by atoms with Crippen LogP contribution in [0.25, 0.3) is 0 Å². The Morgan fingerprint density at radius 3 is 1.81 bits per heavy atom. The van der Waals surface area contributed by atoms with Crippen molar-refractivity contribution < 1.29 is 10.2 Å². The normalized spacial score (nSPS) is 12.9. The number of aromatic nitrogens is 2. The van der Waals surface area contributed by atoms with Gasteiger partial charge < -0.3 is 26.2 Å². The zero-order valence-corrected chi connectivity index (χ0v) is 24.6. The number of halogens is 1. The number of benzene rings is 2. The highest BCUT2D eigenvalue weighted by Crippen LogP contribution is 2.20. The van der Waals surface area contributed by atoms with Crippen LogP contribution in [0.2, 0.25) is 5.02 Å². The number of nitrogens with one attached hydrogen (secondary N) is 3. The van der Waals surface area contributed by atoms with E-state index in [1.54, 1.807) is 24.3 Å². The van der Waals surface area contributed by atoms with Crippen molar-refractivity contribution in [1.82, 2.24) is 30.8 Å². The molecule has 2 aromatic carbocycles. The molecule has 2 atom stereocenters. The first-order valence-electron chi connectivity index (χ1n) is 14.4. The fraction of sp³-hybridized carbons (Fsp3) is 0.333. The van der Waals surface area contributed by atoms with Crippen LogP contribution in [0.3, 0.4) is 0 Å². The predicted molar refractivity (Wildman–Crippen MR) is 168 cm³/mol. The van der Waals surface area contributed by atoms with Gasteiger partial charge in [-0.15, -0.1) is 0 Å². The van der Waals surface area contributed by atoms with E-state index >= 15 is 0 Å². The highest BCUT2D eigenvalue weighted by molar-refractivity contribution is 6.30.